The van der Waals surface area contributed by atoms with Crippen molar-refractivity contribution in [3.63, 3.8) is 0 Å². The zero-order chi connectivity index (χ0) is 13.6. The van der Waals surface area contributed by atoms with Gasteiger partial charge in [0.1, 0.15) is 0 Å². The van der Waals surface area contributed by atoms with E-state index in [1.807, 2.05) is 13.8 Å². The summed E-state index contributed by atoms with van der Waals surface area (Å²) >= 11 is 0. The molecule has 1 N–H and O–H groups in total. The van der Waals surface area contributed by atoms with E-state index in [1.54, 1.807) is 0 Å². The van der Waals surface area contributed by atoms with Gasteiger partial charge in [-0.05, 0) is 46.2 Å². The molecule has 18 heavy (non-hydrogen) atoms. The molecule has 0 aromatic carbocycles. The molecule has 0 amide bonds. The molecule has 0 aliphatic carbocycles. The first-order valence-electron chi connectivity index (χ1n) is 7.03. The molecule has 4 heteroatoms. The predicted molar refractivity (Wildman–Crippen MR) is 73.6 cm³/mol. The number of carbonyl (C=O) groups is 1. The minimum absolute atomic E-state index is 0.122. The highest BCUT2D eigenvalue weighted by molar-refractivity contribution is 5.76. The van der Waals surface area contributed by atoms with E-state index in [0.29, 0.717) is 6.04 Å². The van der Waals surface area contributed by atoms with Crippen LogP contribution < -0.4 is 5.32 Å². The molecular weight excluding hydrogens is 228 g/mol. The molecule has 1 unspecified atom stereocenters. The molecule has 0 radical (unpaired) electrons. The third-order valence-corrected chi connectivity index (χ3v) is 3.54. The van der Waals surface area contributed by atoms with E-state index in [-0.39, 0.29) is 5.97 Å². The van der Waals surface area contributed by atoms with Crippen molar-refractivity contribution >= 4 is 5.97 Å². The number of nitrogens with zero attached hydrogens (tertiary/aromatic N) is 1. The number of nitrogens with one attached hydrogen (secondary N) is 1. The van der Waals surface area contributed by atoms with Gasteiger partial charge in [0.2, 0.25) is 0 Å². The van der Waals surface area contributed by atoms with Crippen molar-refractivity contribution in [3.8, 4) is 0 Å². The van der Waals surface area contributed by atoms with E-state index in [2.05, 4.69) is 17.1 Å². The number of methoxy groups -OCH3 is 1. The summed E-state index contributed by atoms with van der Waals surface area (Å²) in [5, 5.41) is 3.52. The summed E-state index contributed by atoms with van der Waals surface area (Å²) < 4.78 is 4.88. The SMILES string of the molecule is CCCN(CC1CCCN1)CC(C)(C)C(=O)OC. The van der Waals surface area contributed by atoms with Gasteiger partial charge in [-0.2, -0.15) is 0 Å². The van der Waals surface area contributed by atoms with Crippen LogP contribution in [0.25, 0.3) is 0 Å². The second-order valence-corrected chi connectivity index (χ2v) is 5.90. The van der Waals surface area contributed by atoms with Crippen molar-refractivity contribution in [3.05, 3.63) is 0 Å². The lowest BCUT2D eigenvalue weighted by Crippen LogP contribution is -2.45. The lowest BCUT2D eigenvalue weighted by molar-refractivity contribution is -0.151. The van der Waals surface area contributed by atoms with Crippen LogP contribution in [-0.2, 0) is 9.53 Å². The van der Waals surface area contributed by atoms with Gasteiger partial charge in [0.15, 0.2) is 0 Å². The van der Waals surface area contributed by atoms with Crippen LogP contribution in [0.15, 0.2) is 0 Å². The van der Waals surface area contributed by atoms with Gasteiger partial charge < -0.3 is 15.0 Å². The Kier molecular flexibility index (Phi) is 6.09. The second-order valence-electron chi connectivity index (χ2n) is 5.90. The van der Waals surface area contributed by atoms with Crippen molar-refractivity contribution in [2.24, 2.45) is 5.41 Å². The molecule has 0 aromatic rings. The van der Waals surface area contributed by atoms with Crippen LogP contribution >= 0.6 is 0 Å². The Labute approximate surface area is 111 Å². The quantitative estimate of drug-likeness (QED) is 0.703. The van der Waals surface area contributed by atoms with Gasteiger partial charge in [0.25, 0.3) is 0 Å². The van der Waals surface area contributed by atoms with Gasteiger partial charge in [0.05, 0.1) is 12.5 Å². The molecule has 1 aliphatic rings. The van der Waals surface area contributed by atoms with E-state index in [0.717, 1.165) is 32.6 Å². The largest absolute Gasteiger partial charge is 0.469 e. The average molecular weight is 256 g/mol. The summed E-state index contributed by atoms with van der Waals surface area (Å²) in [6.07, 6.45) is 3.63. The van der Waals surface area contributed by atoms with Crippen molar-refractivity contribution < 1.29 is 9.53 Å². The van der Waals surface area contributed by atoms with Crippen molar-refractivity contribution in [1.82, 2.24) is 10.2 Å². The van der Waals surface area contributed by atoms with Crippen LogP contribution in [0.5, 0.6) is 0 Å². The maximum absolute atomic E-state index is 11.7. The molecule has 4 nitrogen and oxygen atoms in total. The zero-order valence-electron chi connectivity index (χ0n) is 12.3. The Morgan fingerprint density at radius 2 is 2.22 bits per heavy atom. The number of ether oxygens (including phenoxy) is 1. The van der Waals surface area contributed by atoms with Gasteiger partial charge in [-0.25, -0.2) is 0 Å². The molecule has 0 bridgehead atoms. The first-order valence-corrected chi connectivity index (χ1v) is 7.03. The molecule has 0 spiro atoms. The van der Waals surface area contributed by atoms with E-state index in [1.165, 1.54) is 20.0 Å². The molecule has 1 rings (SSSR count). The predicted octanol–water partition coefficient (Wildman–Crippen LogP) is 1.65. The number of hydrogen-bond acceptors (Lipinski definition) is 4. The number of hydrogen-bond donors (Lipinski definition) is 1. The highest BCUT2D eigenvalue weighted by Gasteiger charge is 2.31. The van der Waals surface area contributed by atoms with E-state index >= 15 is 0 Å². The number of esters is 1. The number of rotatable bonds is 7. The maximum Gasteiger partial charge on any atom is 0.312 e. The fourth-order valence-corrected chi connectivity index (χ4v) is 2.68. The Morgan fingerprint density at radius 3 is 2.72 bits per heavy atom. The van der Waals surface area contributed by atoms with Crippen molar-refractivity contribution in [1.29, 1.82) is 0 Å². The standard InChI is InChI=1S/C14H28N2O2/c1-5-9-16(10-12-7-6-8-15-12)11-14(2,3)13(17)18-4/h12,15H,5-11H2,1-4H3. The summed E-state index contributed by atoms with van der Waals surface area (Å²) in [6, 6.07) is 0.588. The molecule has 1 saturated heterocycles. The summed E-state index contributed by atoms with van der Waals surface area (Å²) in [6.45, 7) is 10.1. The minimum atomic E-state index is -0.428. The summed E-state index contributed by atoms with van der Waals surface area (Å²) in [7, 11) is 1.47. The summed E-state index contributed by atoms with van der Waals surface area (Å²) in [5.74, 6) is -0.122. The average Bonchev–Trinajstić information content (AvgIpc) is 2.80. The molecule has 0 aromatic heterocycles. The van der Waals surface area contributed by atoms with Gasteiger partial charge in [-0.3, -0.25) is 4.79 Å². The monoisotopic (exact) mass is 256 g/mol. The Balaban J connectivity index is 2.52. The second kappa shape index (κ2) is 7.10. The van der Waals surface area contributed by atoms with Gasteiger partial charge in [-0.15, -0.1) is 0 Å². The van der Waals surface area contributed by atoms with Gasteiger partial charge >= 0.3 is 5.97 Å². The molecule has 0 saturated carbocycles. The molecule has 1 atom stereocenters. The van der Waals surface area contributed by atoms with E-state index in [4.69, 9.17) is 4.74 Å². The van der Waals surface area contributed by atoms with Crippen LogP contribution in [0.4, 0.5) is 0 Å². The van der Waals surface area contributed by atoms with Gasteiger partial charge in [0, 0.05) is 19.1 Å². The van der Waals surface area contributed by atoms with E-state index in [9.17, 15) is 4.79 Å². The molecule has 1 fully saturated rings. The van der Waals surface area contributed by atoms with Gasteiger partial charge in [-0.1, -0.05) is 6.92 Å². The summed E-state index contributed by atoms with van der Waals surface area (Å²) in [5.41, 5.74) is -0.428. The van der Waals surface area contributed by atoms with Crippen molar-refractivity contribution in [2.75, 3.05) is 33.3 Å². The number of carbonyl (C=O) groups excluding carboxylic acids is 1. The van der Waals surface area contributed by atoms with Crippen LogP contribution in [0.2, 0.25) is 0 Å². The van der Waals surface area contributed by atoms with Crippen LogP contribution in [0.3, 0.4) is 0 Å². The highest BCUT2D eigenvalue weighted by atomic mass is 16.5. The normalized spacial score (nSPS) is 20.4. The molecular formula is C14H28N2O2. The molecule has 106 valence electrons. The molecule has 1 heterocycles. The first-order chi connectivity index (χ1) is 8.49. The first kappa shape index (κ1) is 15.4. The van der Waals surface area contributed by atoms with Crippen LogP contribution in [0.1, 0.15) is 40.0 Å². The Hall–Kier alpha value is -0.610. The lowest BCUT2D eigenvalue weighted by atomic mass is 9.92. The Morgan fingerprint density at radius 1 is 1.50 bits per heavy atom. The van der Waals surface area contributed by atoms with E-state index < -0.39 is 5.41 Å². The topological polar surface area (TPSA) is 41.6 Å². The minimum Gasteiger partial charge on any atom is -0.469 e. The van der Waals surface area contributed by atoms with Crippen LogP contribution in [0, 0.1) is 5.41 Å². The maximum atomic E-state index is 11.7. The zero-order valence-corrected chi connectivity index (χ0v) is 12.3. The fourth-order valence-electron chi connectivity index (χ4n) is 2.68. The van der Waals surface area contributed by atoms with Crippen molar-refractivity contribution in [2.45, 2.75) is 46.1 Å². The third-order valence-electron chi connectivity index (χ3n) is 3.54. The molecule has 1 aliphatic heterocycles. The van der Waals surface area contributed by atoms with Crippen LogP contribution in [-0.4, -0.2) is 50.2 Å². The smallest absolute Gasteiger partial charge is 0.312 e. The third kappa shape index (κ3) is 4.58. The Bertz CT molecular complexity index is 261. The summed E-state index contributed by atoms with van der Waals surface area (Å²) in [4.78, 5) is 14.1. The fraction of sp³-hybridized carbons (Fsp3) is 0.929. The lowest BCUT2D eigenvalue weighted by Gasteiger charge is -2.32. The highest BCUT2D eigenvalue weighted by Crippen LogP contribution is 2.20.